The summed E-state index contributed by atoms with van der Waals surface area (Å²) < 4.78 is 2.11. The Morgan fingerprint density at radius 3 is 2.57 bits per heavy atom. The number of nitrogens with zero attached hydrogens (tertiary/aromatic N) is 4. The van der Waals surface area contributed by atoms with Crippen LogP contribution in [0.25, 0.3) is 0 Å². The number of amides is 1. The lowest BCUT2D eigenvalue weighted by Gasteiger charge is -2.28. The van der Waals surface area contributed by atoms with E-state index in [2.05, 4.69) is 52.0 Å². The molecule has 144 valence electrons. The fourth-order valence-corrected chi connectivity index (χ4v) is 4.50. The molecule has 0 N–H and O–H groups in total. The molecule has 2 aromatic carbocycles. The van der Waals surface area contributed by atoms with E-state index < -0.39 is 0 Å². The van der Waals surface area contributed by atoms with E-state index in [9.17, 15) is 4.79 Å². The molecule has 0 saturated carbocycles. The Kier molecular flexibility index (Phi) is 5.76. The predicted octanol–water partition coefficient (Wildman–Crippen LogP) is 3.57. The van der Waals surface area contributed by atoms with Crippen molar-refractivity contribution in [2.75, 3.05) is 12.3 Å². The normalized spacial score (nSPS) is 13.4. The first-order chi connectivity index (χ1) is 13.7. The van der Waals surface area contributed by atoms with Crippen LogP contribution >= 0.6 is 11.8 Å². The largest absolute Gasteiger partial charge is 0.337 e. The molecule has 3 aromatic rings. The molecule has 1 aliphatic rings. The highest BCUT2D eigenvalue weighted by molar-refractivity contribution is 7.99. The van der Waals surface area contributed by atoms with Gasteiger partial charge in [0, 0.05) is 26.1 Å². The molecule has 0 spiro atoms. The number of benzene rings is 2. The maximum Gasteiger partial charge on any atom is 0.233 e. The fraction of sp³-hybridized carbons (Fsp3) is 0.318. The van der Waals surface area contributed by atoms with Gasteiger partial charge in [-0.3, -0.25) is 4.79 Å². The first-order valence-electron chi connectivity index (χ1n) is 9.68. The number of rotatable bonds is 6. The third-order valence-electron chi connectivity index (χ3n) is 5.12. The van der Waals surface area contributed by atoms with E-state index in [1.165, 1.54) is 28.5 Å². The quantitative estimate of drug-likeness (QED) is 0.602. The van der Waals surface area contributed by atoms with Gasteiger partial charge in [0.05, 0.1) is 5.75 Å². The van der Waals surface area contributed by atoms with Gasteiger partial charge >= 0.3 is 0 Å². The number of aromatic nitrogens is 3. The maximum atomic E-state index is 12.7. The van der Waals surface area contributed by atoms with Gasteiger partial charge < -0.3 is 9.47 Å². The molecule has 1 aromatic heterocycles. The van der Waals surface area contributed by atoms with Crippen LogP contribution in [0.2, 0.25) is 0 Å². The second-order valence-electron chi connectivity index (χ2n) is 6.93. The van der Waals surface area contributed by atoms with Crippen LogP contribution < -0.4 is 0 Å². The molecule has 0 atom stereocenters. The summed E-state index contributed by atoms with van der Waals surface area (Å²) in [6.45, 7) is 4.37. The molecule has 5 nitrogen and oxygen atoms in total. The van der Waals surface area contributed by atoms with Crippen molar-refractivity contribution in [3.05, 3.63) is 77.1 Å². The third kappa shape index (κ3) is 4.12. The third-order valence-corrected chi connectivity index (χ3v) is 6.07. The van der Waals surface area contributed by atoms with E-state index in [-0.39, 0.29) is 5.91 Å². The minimum Gasteiger partial charge on any atom is -0.337 e. The minimum atomic E-state index is 0.162. The molecule has 1 amide bonds. The van der Waals surface area contributed by atoms with Crippen molar-refractivity contribution in [3.8, 4) is 0 Å². The first-order valence-corrected chi connectivity index (χ1v) is 10.7. The molecular formula is C22H24N4OS. The van der Waals surface area contributed by atoms with Crippen LogP contribution in [-0.2, 0) is 30.7 Å². The van der Waals surface area contributed by atoms with Crippen molar-refractivity contribution in [2.45, 2.75) is 38.0 Å². The molecule has 0 aliphatic carbocycles. The lowest BCUT2D eigenvalue weighted by Crippen LogP contribution is -2.37. The zero-order chi connectivity index (χ0) is 19.3. The zero-order valence-electron chi connectivity index (χ0n) is 16.0. The monoisotopic (exact) mass is 392 g/mol. The summed E-state index contributed by atoms with van der Waals surface area (Å²) in [6, 6.07) is 18.7. The van der Waals surface area contributed by atoms with E-state index in [1.54, 1.807) is 0 Å². The molecule has 0 fully saturated rings. The van der Waals surface area contributed by atoms with E-state index in [0.29, 0.717) is 12.3 Å². The predicted molar refractivity (Wildman–Crippen MR) is 111 cm³/mol. The number of carbonyl (C=O) groups is 1. The van der Waals surface area contributed by atoms with Gasteiger partial charge in [-0.2, -0.15) is 0 Å². The summed E-state index contributed by atoms with van der Waals surface area (Å²) in [5, 5.41) is 9.53. The molecule has 0 unspecified atom stereocenters. The van der Waals surface area contributed by atoms with Crippen molar-refractivity contribution in [1.29, 1.82) is 0 Å². The first kappa shape index (κ1) is 18.7. The average Bonchev–Trinajstić information content (AvgIpc) is 3.13. The molecule has 0 bridgehead atoms. The molecule has 4 rings (SSSR count). The van der Waals surface area contributed by atoms with Crippen molar-refractivity contribution < 1.29 is 4.79 Å². The van der Waals surface area contributed by atoms with E-state index in [4.69, 9.17) is 0 Å². The molecule has 2 heterocycles. The van der Waals surface area contributed by atoms with Crippen LogP contribution in [0, 0.1) is 0 Å². The SMILES string of the molecule is CCn1c(Cc2ccccc2)nnc1SCC(=O)N1CCc2ccccc2C1. The topological polar surface area (TPSA) is 51.0 Å². The second-order valence-corrected chi connectivity index (χ2v) is 7.87. The Bertz CT molecular complexity index is 954. The summed E-state index contributed by atoms with van der Waals surface area (Å²) in [5.41, 5.74) is 3.83. The second kappa shape index (κ2) is 8.61. The summed E-state index contributed by atoms with van der Waals surface area (Å²) in [7, 11) is 0. The van der Waals surface area contributed by atoms with E-state index >= 15 is 0 Å². The van der Waals surface area contributed by atoms with Crippen LogP contribution in [0.4, 0.5) is 0 Å². The molecular weight excluding hydrogens is 368 g/mol. The number of carbonyl (C=O) groups excluding carboxylic acids is 1. The minimum absolute atomic E-state index is 0.162. The Balaban J connectivity index is 1.39. The lowest BCUT2D eigenvalue weighted by molar-refractivity contribution is -0.129. The van der Waals surface area contributed by atoms with Crippen LogP contribution in [0.15, 0.2) is 59.8 Å². The Hall–Kier alpha value is -2.60. The van der Waals surface area contributed by atoms with Crippen LogP contribution in [0.1, 0.15) is 29.4 Å². The number of thioether (sulfide) groups is 1. The highest BCUT2D eigenvalue weighted by atomic mass is 32.2. The Morgan fingerprint density at radius 2 is 1.79 bits per heavy atom. The van der Waals surface area contributed by atoms with Gasteiger partial charge in [0.1, 0.15) is 5.82 Å². The van der Waals surface area contributed by atoms with Crippen LogP contribution in [0.3, 0.4) is 0 Å². The van der Waals surface area contributed by atoms with Gasteiger partial charge in [-0.25, -0.2) is 0 Å². The van der Waals surface area contributed by atoms with E-state index in [0.717, 1.165) is 36.9 Å². The highest BCUT2D eigenvalue weighted by Crippen LogP contribution is 2.22. The van der Waals surface area contributed by atoms with Gasteiger partial charge in [0.15, 0.2) is 5.16 Å². The van der Waals surface area contributed by atoms with Crippen LogP contribution in [0.5, 0.6) is 0 Å². The summed E-state index contributed by atoms with van der Waals surface area (Å²) >= 11 is 1.48. The maximum absolute atomic E-state index is 12.7. The van der Waals surface area contributed by atoms with Crippen molar-refractivity contribution in [2.24, 2.45) is 0 Å². The van der Waals surface area contributed by atoms with Crippen molar-refractivity contribution in [1.82, 2.24) is 19.7 Å². The molecule has 0 radical (unpaired) electrons. The zero-order valence-corrected chi connectivity index (χ0v) is 16.9. The smallest absolute Gasteiger partial charge is 0.233 e. The summed E-state index contributed by atoms with van der Waals surface area (Å²) in [6.07, 6.45) is 1.68. The molecule has 1 aliphatic heterocycles. The van der Waals surface area contributed by atoms with Gasteiger partial charge in [-0.1, -0.05) is 66.4 Å². The Labute approximate surface area is 169 Å². The molecule has 6 heteroatoms. The van der Waals surface area contributed by atoms with Crippen molar-refractivity contribution in [3.63, 3.8) is 0 Å². The molecule has 0 saturated heterocycles. The van der Waals surface area contributed by atoms with E-state index in [1.807, 2.05) is 29.2 Å². The van der Waals surface area contributed by atoms with Gasteiger partial charge in [0.2, 0.25) is 5.91 Å². The fourth-order valence-electron chi connectivity index (χ4n) is 3.58. The number of fused-ring (bicyclic) bond motifs is 1. The number of hydrogen-bond donors (Lipinski definition) is 0. The van der Waals surface area contributed by atoms with Gasteiger partial charge in [0.25, 0.3) is 0 Å². The van der Waals surface area contributed by atoms with Crippen molar-refractivity contribution >= 4 is 17.7 Å². The Morgan fingerprint density at radius 1 is 1.04 bits per heavy atom. The standard InChI is InChI=1S/C22H24N4OS/c1-2-26-20(14-17-8-4-3-5-9-17)23-24-22(26)28-16-21(27)25-13-12-18-10-6-7-11-19(18)15-25/h3-11H,2,12-16H2,1H3. The lowest BCUT2D eigenvalue weighted by atomic mass is 10.00. The summed E-state index contributed by atoms with van der Waals surface area (Å²) in [4.78, 5) is 14.7. The molecule has 28 heavy (non-hydrogen) atoms. The highest BCUT2D eigenvalue weighted by Gasteiger charge is 2.21. The van der Waals surface area contributed by atoms with Crippen LogP contribution in [-0.4, -0.2) is 37.9 Å². The van der Waals surface area contributed by atoms with Gasteiger partial charge in [-0.15, -0.1) is 10.2 Å². The van der Waals surface area contributed by atoms with Gasteiger partial charge in [-0.05, 0) is 30.0 Å². The summed E-state index contributed by atoms with van der Waals surface area (Å²) in [5.74, 6) is 1.50. The average molecular weight is 393 g/mol. The number of hydrogen-bond acceptors (Lipinski definition) is 4.